The van der Waals surface area contributed by atoms with Gasteiger partial charge in [-0.15, -0.1) is 16.4 Å². The second kappa shape index (κ2) is 5.53. The number of benzene rings is 1. The Morgan fingerprint density at radius 2 is 2.10 bits per heavy atom. The molecule has 0 bridgehead atoms. The van der Waals surface area contributed by atoms with Crippen LogP contribution in [0.3, 0.4) is 0 Å². The van der Waals surface area contributed by atoms with Crippen molar-refractivity contribution in [1.82, 2.24) is 15.2 Å². The van der Waals surface area contributed by atoms with Crippen LogP contribution in [-0.2, 0) is 11.2 Å². The fourth-order valence-corrected chi connectivity index (χ4v) is 3.03. The van der Waals surface area contributed by atoms with Crippen LogP contribution in [0.1, 0.15) is 0 Å². The normalized spacial score (nSPS) is 12.6. The highest BCUT2D eigenvalue weighted by atomic mass is 35.5. The van der Waals surface area contributed by atoms with Gasteiger partial charge >= 0.3 is 5.22 Å². The summed E-state index contributed by atoms with van der Waals surface area (Å²) in [6, 6.07) is 7.46. The van der Waals surface area contributed by atoms with E-state index in [-0.39, 0.29) is 11.1 Å². The summed E-state index contributed by atoms with van der Waals surface area (Å²) in [4.78, 5) is 4.42. The van der Waals surface area contributed by atoms with E-state index in [0.29, 0.717) is 10.7 Å². The van der Waals surface area contributed by atoms with Crippen LogP contribution < -0.4 is 0 Å². The lowest BCUT2D eigenvalue weighted by molar-refractivity contribution is 0.441. The van der Waals surface area contributed by atoms with Crippen LogP contribution in [-0.4, -0.2) is 26.0 Å². The minimum absolute atomic E-state index is 0.0901. The van der Waals surface area contributed by atoms with E-state index >= 15 is 0 Å². The number of nitrogens with zero attached hydrogens (tertiary/aromatic N) is 3. The molecule has 0 spiro atoms. The van der Waals surface area contributed by atoms with Gasteiger partial charge < -0.3 is 8.97 Å². The van der Waals surface area contributed by atoms with Crippen molar-refractivity contribution < 1.29 is 8.97 Å². The third kappa shape index (κ3) is 2.57. The summed E-state index contributed by atoms with van der Waals surface area (Å²) in [5, 5.41) is 10.8. The maximum atomic E-state index is 11.2. The minimum Gasteiger partial charge on any atom is -0.608 e. The molecule has 0 aliphatic carbocycles. The van der Waals surface area contributed by atoms with E-state index in [0.717, 1.165) is 10.6 Å². The molecule has 0 amide bonds. The van der Waals surface area contributed by atoms with Gasteiger partial charge in [0.05, 0.1) is 5.02 Å². The van der Waals surface area contributed by atoms with Crippen molar-refractivity contribution in [2.75, 3.05) is 6.26 Å². The van der Waals surface area contributed by atoms with E-state index in [1.165, 1.54) is 17.6 Å². The number of aromatic nitrogens is 3. The Balaban J connectivity index is 1.96. The summed E-state index contributed by atoms with van der Waals surface area (Å²) >= 11 is 6.26. The molecule has 8 heteroatoms. The zero-order valence-corrected chi connectivity index (χ0v) is 12.6. The average molecular weight is 326 g/mol. The van der Waals surface area contributed by atoms with Crippen molar-refractivity contribution in [1.29, 1.82) is 0 Å². The summed E-state index contributed by atoms with van der Waals surface area (Å²) in [5.41, 5.74) is 1.40. The lowest BCUT2D eigenvalue weighted by atomic mass is 10.2. The zero-order valence-electron chi connectivity index (χ0n) is 10.2. The van der Waals surface area contributed by atoms with E-state index in [9.17, 15) is 4.55 Å². The molecule has 2 aromatic heterocycles. The molecule has 0 aliphatic heterocycles. The molecule has 3 aromatic rings. The fraction of sp³-hybridized carbons (Fsp3) is 0.0833. The highest BCUT2D eigenvalue weighted by Gasteiger charge is 2.18. The lowest BCUT2D eigenvalue weighted by Crippen LogP contribution is -1.96. The maximum absolute atomic E-state index is 11.2. The average Bonchev–Trinajstić information content (AvgIpc) is 3.08. The predicted molar refractivity (Wildman–Crippen MR) is 78.2 cm³/mol. The van der Waals surface area contributed by atoms with Gasteiger partial charge in [0, 0.05) is 22.1 Å². The van der Waals surface area contributed by atoms with Crippen molar-refractivity contribution in [2.24, 2.45) is 0 Å². The summed E-state index contributed by atoms with van der Waals surface area (Å²) in [6.07, 6.45) is 1.48. The smallest absolute Gasteiger partial charge is 0.435 e. The van der Waals surface area contributed by atoms with Crippen LogP contribution in [0.15, 0.2) is 39.3 Å². The van der Waals surface area contributed by atoms with Crippen LogP contribution in [0, 0.1) is 0 Å². The molecule has 5 nitrogen and oxygen atoms in total. The number of hydrogen-bond acceptors (Lipinski definition) is 6. The largest absolute Gasteiger partial charge is 0.608 e. The Morgan fingerprint density at radius 1 is 1.30 bits per heavy atom. The first kappa shape index (κ1) is 13.6. The highest BCUT2D eigenvalue weighted by Crippen LogP contribution is 2.32. The first-order chi connectivity index (χ1) is 9.65. The second-order valence-electron chi connectivity index (χ2n) is 3.84. The first-order valence-corrected chi connectivity index (χ1v) is 8.34. The van der Waals surface area contributed by atoms with Gasteiger partial charge in [0.25, 0.3) is 5.89 Å². The maximum Gasteiger partial charge on any atom is 0.435 e. The molecule has 0 aliphatic rings. The van der Waals surface area contributed by atoms with Gasteiger partial charge in [-0.2, -0.15) is 0 Å². The quantitative estimate of drug-likeness (QED) is 0.691. The third-order valence-corrected chi connectivity index (χ3v) is 4.34. The molecule has 0 saturated carbocycles. The number of hydrogen-bond donors (Lipinski definition) is 0. The highest BCUT2D eigenvalue weighted by molar-refractivity contribution is 7.90. The fourth-order valence-electron chi connectivity index (χ4n) is 1.56. The van der Waals surface area contributed by atoms with E-state index in [2.05, 4.69) is 15.2 Å². The molecular formula is C12H8ClN3O2S2. The van der Waals surface area contributed by atoms with Crippen molar-refractivity contribution in [3.63, 3.8) is 0 Å². The van der Waals surface area contributed by atoms with Crippen molar-refractivity contribution in [2.45, 2.75) is 5.22 Å². The molecule has 1 unspecified atom stereocenters. The summed E-state index contributed by atoms with van der Waals surface area (Å²) in [5.74, 6) is 0.254. The molecule has 2 heterocycles. The van der Waals surface area contributed by atoms with E-state index in [4.69, 9.17) is 16.0 Å². The standard InChI is InChI=1S/C12H8ClN3O2S2/c1-20(17)12-16-15-10(18-12)9-6-19-11(14-9)7-4-2-3-5-8(7)13/h2-6H,1H3. The molecule has 3 rings (SSSR count). The third-order valence-electron chi connectivity index (χ3n) is 2.48. The molecule has 1 atom stereocenters. The molecule has 1 aromatic carbocycles. The Labute approximate surface area is 126 Å². The van der Waals surface area contributed by atoms with Crippen LogP contribution >= 0.6 is 22.9 Å². The number of rotatable bonds is 3. The predicted octanol–water partition coefficient (Wildman–Crippen LogP) is 3.25. The molecule has 102 valence electrons. The van der Waals surface area contributed by atoms with E-state index in [1.807, 2.05) is 24.3 Å². The molecule has 20 heavy (non-hydrogen) atoms. The van der Waals surface area contributed by atoms with Crippen molar-refractivity contribution >= 4 is 34.1 Å². The SMILES string of the molecule is C[S+]([O-])c1nnc(-c2csc(-c3ccccc3Cl)n2)o1. The molecular weight excluding hydrogens is 318 g/mol. The number of thiazole rings is 1. The van der Waals surface area contributed by atoms with Crippen LogP contribution in [0.4, 0.5) is 0 Å². The van der Waals surface area contributed by atoms with Crippen LogP contribution in [0.5, 0.6) is 0 Å². The van der Waals surface area contributed by atoms with Gasteiger partial charge in [0.2, 0.25) is 0 Å². The lowest BCUT2D eigenvalue weighted by Gasteiger charge is -1.97. The Bertz CT molecular complexity index is 742. The van der Waals surface area contributed by atoms with Gasteiger partial charge in [0.1, 0.15) is 17.0 Å². The monoisotopic (exact) mass is 325 g/mol. The molecule has 0 saturated heterocycles. The first-order valence-electron chi connectivity index (χ1n) is 5.53. The summed E-state index contributed by atoms with van der Waals surface area (Å²) in [6.45, 7) is 0. The molecule has 0 fully saturated rings. The molecule has 0 N–H and O–H groups in total. The van der Waals surface area contributed by atoms with Gasteiger partial charge in [-0.25, -0.2) is 4.98 Å². The van der Waals surface area contributed by atoms with Gasteiger partial charge in [0.15, 0.2) is 0 Å². The summed E-state index contributed by atoms with van der Waals surface area (Å²) < 4.78 is 16.5. The van der Waals surface area contributed by atoms with Crippen molar-refractivity contribution in [3.05, 3.63) is 34.7 Å². The van der Waals surface area contributed by atoms with E-state index < -0.39 is 11.2 Å². The molecule has 0 radical (unpaired) electrons. The van der Waals surface area contributed by atoms with Crippen LogP contribution in [0.2, 0.25) is 5.02 Å². The minimum atomic E-state index is -1.30. The van der Waals surface area contributed by atoms with Crippen LogP contribution in [0.25, 0.3) is 22.2 Å². The van der Waals surface area contributed by atoms with Gasteiger partial charge in [-0.3, -0.25) is 0 Å². The van der Waals surface area contributed by atoms with E-state index in [1.54, 1.807) is 5.38 Å². The van der Waals surface area contributed by atoms with Crippen molar-refractivity contribution in [3.8, 4) is 22.2 Å². The Morgan fingerprint density at radius 3 is 2.80 bits per heavy atom. The second-order valence-corrected chi connectivity index (χ2v) is 6.37. The van der Waals surface area contributed by atoms with Gasteiger partial charge in [-0.05, 0) is 6.07 Å². The summed E-state index contributed by atoms with van der Waals surface area (Å²) in [7, 11) is 0. The zero-order chi connectivity index (χ0) is 14.1. The number of halogens is 1. The Kier molecular flexibility index (Phi) is 3.75. The Hall–Kier alpha value is -1.41. The topological polar surface area (TPSA) is 74.9 Å². The van der Waals surface area contributed by atoms with Gasteiger partial charge in [-0.1, -0.05) is 34.9 Å².